The third kappa shape index (κ3) is 5.38. The Balaban J connectivity index is 1.95. The summed E-state index contributed by atoms with van der Waals surface area (Å²) in [5, 5.41) is 15.7. The maximum Gasteiger partial charge on any atom is 0.253 e. The molecule has 1 aromatic carbocycles. The highest BCUT2D eigenvalue weighted by Gasteiger charge is 2.11. The monoisotopic (exact) mass is 313 g/mol. The Hall–Kier alpha value is -2.40. The molecule has 0 bridgehead atoms. The smallest absolute Gasteiger partial charge is 0.253 e. The number of benzene rings is 1. The van der Waals surface area contributed by atoms with E-state index in [-0.39, 0.29) is 12.0 Å². The van der Waals surface area contributed by atoms with E-state index in [0.717, 1.165) is 11.3 Å². The average Bonchev–Trinajstić information content (AvgIpc) is 2.60. The molecular formula is C18H23N3O2. The number of nitrogens with zero attached hydrogens (tertiary/aromatic N) is 1. The molecule has 0 saturated heterocycles. The van der Waals surface area contributed by atoms with Crippen LogP contribution in [0.1, 0.15) is 35.7 Å². The summed E-state index contributed by atoms with van der Waals surface area (Å²) in [6.07, 6.45) is 4.42. The number of hydrogen-bond acceptors (Lipinski definition) is 4. The van der Waals surface area contributed by atoms with E-state index in [1.807, 2.05) is 37.3 Å². The number of amides is 1. The SMILES string of the molecule is CCC(O)CCNC(=O)c1ccccc1NCc1cccnc1. The molecule has 5 nitrogen and oxygen atoms in total. The topological polar surface area (TPSA) is 74.2 Å². The van der Waals surface area contributed by atoms with Crippen molar-refractivity contribution in [1.82, 2.24) is 10.3 Å². The molecular weight excluding hydrogens is 290 g/mol. The van der Waals surface area contributed by atoms with E-state index < -0.39 is 0 Å². The number of aliphatic hydroxyl groups is 1. The van der Waals surface area contributed by atoms with Crippen LogP contribution in [0.5, 0.6) is 0 Å². The zero-order valence-electron chi connectivity index (χ0n) is 13.3. The molecule has 0 fully saturated rings. The molecule has 0 spiro atoms. The normalized spacial score (nSPS) is 11.7. The Morgan fingerprint density at radius 2 is 2.09 bits per heavy atom. The first-order valence-electron chi connectivity index (χ1n) is 7.88. The fourth-order valence-electron chi connectivity index (χ4n) is 2.19. The van der Waals surface area contributed by atoms with E-state index in [1.54, 1.807) is 18.5 Å². The van der Waals surface area contributed by atoms with Gasteiger partial charge < -0.3 is 15.7 Å². The second-order valence-corrected chi connectivity index (χ2v) is 5.37. The molecule has 0 aliphatic rings. The second-order valence-electron chi connectivity index (χ2n) is 5.37. The predicted octanol–water partition coefficient (Wildman–Crippen LogP) is 2.58. The van der Waals surface area contributed by atoms with E-state index in [0.29, 0.717) is 31.5 Å². The molecule has 5 heteroatoms. The summed E-state index contributed by atoms with van der Waals surface area (Å²) in [5.74, 6) is -0.136. The molecule has 0 radical (unpaired) electrons. The molecule has 0 saturated carbocycles. The number of para-hydroxylation sites is 1. The molecule has 1 unspecified atom stereocenters. The van der Waals surface area contributed by atoms with Crippen LogP contribution in [0.2, 0.25) is 0 Å². The van der Waals surface area contributed by atoms with Gasteiger partial charge in [-0.1, -0.05) is 25.1 Å². The number of carbonyl (C=O) groups excluding carboxylic acids is 1. The van der Waals surface area contributed by atoms with Crippen LogP contribution in [0.15, 0.2) is 48.8 Å². The number of aromatic nitrogens is 1. The molecule has 2 aromatic rings. The van der Waals surface area contributed by atoms with Crippen molar-refractivity contribution in [1.29, 1.82) is 0 Å². The van der Waals surface area contributed by atoms with Crippen LogP contribution in [0.3, 0.4) is 0 Å². The first-order valence-corrected chi connectivity index (χ1v) is 7.88. The van der Waals surface area contributed by atoms with Crippen LogP contribution >= 0.6 is 0 Å². The van der Waals surface area contributed by atoms with Gasteiger partial charge in [0.1, 0.15) is 0 Å². The van der Waals surface area contributed by atoms with Crippen molar-refractivity contribution in [2.24, 2.45) is 0 Å². The van der Waals surface area contributed by atoms with Crippen molar-refractivity contribution >= 4 is 11.6 Å². The van der Waals surface area contributed by atoms with Gasteiger partial charge in [0, 0.05) is 31.2 Å². The van der Waals surface area contributed by atoms with E-state index in [4.69, 9.17) is 0 Å². The number of rotatable bonds is 8. The minimum absolute atomic E-state index is 0.136. The lowest BCUT2D eigenvalue weighted by atomic mass is 10.1. The van der Waals surface area contributed by atoms with Crippen LogP contribution in [-0.2, 0) is 6.54 Å². The second kappa shape index (κ2) is 8.90. The maximum atomic E-state index is 12.3. The Morgan fingerprint density at radius 1 is 1.26 bits per heavy atom. The minimum atomic E-state index is -0.366. The fourth-order valence-corrected chi connectivity index (χ4v) is 2.19. The molecule has 1 aromatic heterocycles. The highest BCUT2D eigenvalue weighted by Crippen LogP contribution is 2.16. The van der Waals surface area contributed by atoms with Crippen LogP contribution in [0, 0.1) is 0 Å². The van der Waals surface area contributed by atoms with Gasteiger partial charge >= 0.3 is 0 Å². The van der Waals surface area contributed by atoms with Crippen molar-refractivity contribution in [3.8, 4) is 0 Å². The van der Waals surface area contributed by atoms with Crippen molar-refractivity contribution < 1.29 is 9.90 Å². The zero-order chi connectivity index (χ0) is 16.5. The van der Waals surface area contributed by atoms with Crippen molar-refractivity contribution in [3.05, 3.63) is 59.9 Å². The highest BCUT2D eigenvalue weighted by molar-refractivity contribution is 5.99. The van der Waals surface area contributed by atoms with E-state index in [9.17, 15) is 9.90 Å². The largest absolute Gasteiger partial charge is 0.393 e. The molecule has 1 atom stereocenters. The Labute approximate surface area is 136 Å². The van der Waals surface area contributed by atoms with Gasteiger partial charge in [0.15, 0.2) is 0 Å². The first-order chi connectivity index (χ1) is 11.2. The summed E-state index contributed by atoms with van der Waals surface area (Å²) >= 11 is 0. The van der Waals surface area contributed by atoms with Gasteiger partial charge in [0.05, 0.1) is 11.7 Å². The van der Waals surface area contributed by atoms with E-state index >= 15 is 0 Å². The Morgan fingerprint density at radius 3 is 2.83 bits per heavy atom. The lowest BCUT2D eigenvalue weighted by Crippen LogP contribution is -2.27. The summed E-state index contributed by atoms with van der Waals surface area (Å²) in [6, 6.07) is 11.3. The number of carbonyl (C=O) groups is 1. The number of aliphatic hydroxyl groups excluding tert-OH is 1. The maximum absolute atomic E-state index is 12.3. The van der Waals surface area contributed by atoms with Gasteiger partial charge in [-0.3, -0.25) is 9.78 Å². The van der Waals surface area contributed by atoms with Gasteiger partial charge in [-0.2, -0.15) is 0 Å². The third-order valence-electron chi connectivity index (χ3n) is 3.61. The van der Waals surface area contributed by atoms with E-state index in [1.165, 1.54) is 0 Å². The summed E-state index contributed by atoms with van der Waals surface area (Å²) in [6.45, 7) is 2.99. The van der Waals surface area contributed by atoms with Crippen LogP contribution < -0.4 is 10.6 Å². The number of nitrogens with one attached hydrogen (secondary N) is 2. The molecule has 0 aliphatic carbocycles. The molecule has 2 rings (SSSR count). The van der Waals surface area contributed by atoms with Crippen molar-refractivity contribution in [2.45, 2.75) is 32.4 Å². The van der Waals surface area contributed by atoms with Crippen molar-refractivity contribution in [3.63, 3.8) is 0 Å². The zero-order valence-corrected chi connectivity index (χ0v) is 13.3. The molecule has 1 heterocycles. The van der Waals surface area contributed by atoms with Crippen LogP contribution in [0.25, 0.3) is 0 Å². The highest BCUT2D eigenvalue weighted by atomic mass is 16.3. The number of anilines is 1. The van der Waals surface area contributed by atoms with Crippen LogP contribution in [0.4, 0.5) is 5.69 Å². The molecule has 0 aliphatic heterocycles. The Bertz CT molecular complexity index is 617. The molecule has 23 heavy (non-hydrogen) atoms. The molecule has 122 valence electrons. The van der Waals surface area contributed by atoms with Gasteiger partial charge in [-0.25, -0.2) is 0 Å². The standard InChI is InChI=1S/C18H23N3O2/c1-2-15(22)9-11-20-18(23)16-7-3-4-8-17(16)21-13-14-6-5-10-19-12-14/h3-8,10,12,15,21-22H,2,9,11,13H2,1H3,(H,20,23). The number of hydrogen-bond donors (Lipinski definition) is 3. The van der Waals surface area contributed by atoms with E-state index in [2.05, 4.69) is 15.6 Å². The first kappa shape index (κ1) is 17.0. The van der Waals surface area contributed by atoms with Gasteiger partial charge in [-0.05, 0) is 36.6 Å². The lowest BCUT2D eigenvalue weighted by molar-refractivity contribution is 0.0942. The third-order valence-corrected chi connectivity index (χ3v) is 3.61. The summed E-state index contributed by atoms with van der Waals surface area (Å²) in [7, 11) is 0. The summed E-state index contributed by atoms with van der Waals surface area (Å²) < 4.78 is 0. The molecule has 3 N–H and O–H groups in total. The summed E-state index contributed by atoms with van der Waals surface area (Å²) in [5.41, 5.74) is 2.43. The van der Waals surface area contributed by atoms with Crippen molar-refractivity contribution in [2.75, 3.05) is 11.9 Å². The molecule has 1 amide bonds. The predicted molar refractivity (Wildman–Crippen MR) is 91.3 cm³/mol. The van der Waals surface area contributed by atoms with Gasteiger partial charge in [0.25, 0.3) is 5.91 Å². The fraction of sp³-hybridized carbons (Fsp3) is 0.333. The number of pyridine rings is 1. The lowest BCUT2D eigenvalue weighted by Gasteiger charge is -2.13. The van der Waals surface area contributed by atoms with Gasteiger partial charge in [0.2, 0.25) is 0 Å². The Kier molecular flexibility index (Phi) is 6.56. The van der Waals surface area contributed by atoms with Gasteiger partial charge in [-0.15, -0.1) is 0 Å². The average molecular weight is 313 g/mol. The summed E-state index contributed by atoms with van der Waals surface area (Å²) in [4.78, 5) is 16.4. The minimum Gasteiger partial charge on any atom is -0.393 e. The van der Waals surface area contributed by atoms with Crippen LogP contribution in [-0.4, -0.2) is 28.6 Å². The quantitative estimate of drug-likeness (QED) is 0.700.